The molecule has 0 fully saturated rings. The summed E-state index contributed by atoms with van der Waals surface area (Å²) >= 11 is 0. The van der Waals surface area contributed by atoms with Gasteiger partial charge in [-0.3, -0.25) is 0 Å². The van der Waals surface area contributed by atoms with Gasteiger partial charge in [0.05, 0.1) is 0 Å². The predicted octanol–water partition coefficient (Wildman–Crippen LogP) is 4.93. The van der Waals surface area contributed by atoms with Crippen molar-refractivity contribution in [1.29, 1.82) is 0 Å². The summed E-state index contributed by atoms with van der Waals surface area (Å²) in [5.41, 5.74) is 7.92. The van der Waals surface area contributed by atoms with E-state index in [2.05, 4.69) is 110 Å². The lowest BCUT2D eigenvalue weighted by Crippen LogP contribution is -2.70. The van der Waals surface area contributed by atoms with Gasteiger partial charge in [-0.1, -0.05) is 54.6 Å². The van der Waals surface area contributed by atoms with Gasteiger partial charge in [-0.2, -0.15) is 0 Å². The van der Waals surface area contributed by atoms with E-state index >= 15 is 0 Å². The van der Waals surface area contributed by atoms with Crippen LogP contribution in [0.5, 0.6) is 0 Å². The highest BCUT2D eigenvalue weighted by Crippen LogP contribution is 2.18. The Bertz CT molecular complexity index is 908. The first kappa shape index (κ1) is 21.5. The van der Waals surface area contributed by atoms with E-state index in [0.29, 0.717) is 0 Å². The highest BCUT2D eigenvalue weighted by Gasteiger charge is 2.43. The minimum Gasteiger partial charge on any atom is -0.402 e. The molecule has 0 radical (unpaired) electrons. The highest BCUT2D eigenvalue weighted by atomic mass is 28.4. The van der Waals surface area contributed by atoms with E-state index in [1.165, 1.54) is 48.9 Å². The molecular formula is C27H34OSi. The van der Waals surface area contributed by atoms with Gasteiger partial charge in [0, 0.05) is 6.10 Å². The molecule has 0 aliphatic carbocycles. The molecule has 0 atom stereocenters. The molecule has 3 rings (SSSR count). The van der Waals surface area contributed by atoms with Gasteiger partial charge in [-0.05, 0) is 104 Å². The van der Waals surface area contributed by atoms with Crippen molar-refractivity contribution in [3.8, 4) is 0 Å². The summed E-state index contributed by atoms with van der Waals surface area (Å²) in [5.74, 6) is 0. The Morgan fingerprint density at radius 3 is 1.07 bits per heavy atom. The summed E-state index contributed by atoms with van der Waals surface area (Å²) in [6, 6.07) is 20.7. The van der Waals surface area contributed by atoms with E-state index in [1.54, 1.807) is 0 Å². The third kappa shape index (κ3) is 4.10. The Hall–Kier alpha value is -2.16. The van der Waals surface area contributed by atoms with Crippen LogP contribution in [0.2, 0.25) is 0 Å². The number of hydrogen-bond donors (Lipinski definition) is 0. The van der Waals surface area contributed by atoms with Crippen LogP contribution in [0.25, 0.3) is 0 Å². The van der Waals surface area contributed by atoms with Crippen LogP contribution >= 0.6 is 0 Å². The van der Waals surface area contributed by atoms with Gasteiger partial charge in [0.15, 0.2) is 0 Å². The summed E-state index contributed by atoms with van der Waals surface area (Å²) in [6.07, 6.45) is 0.131. The lowest BCUT2D eigenvalue weighted by atomic mass is 10.1. The summed E-state index contributed by atoms with van der Waals surface area (Å²) in [5, 5.41) is 3.96. The van der Waals surface area contributed by atoms with E-state index in [4.69, 9.17) is 4.43 Å². The van der Waals surface area contributed by atoms with Crippen molar-refractivity contribution in [3.63, 3.8) is 0 Å². The first-order valence-corrected chi connectivity index (χ1v) is 12.5. The fraction of sp³-hybridized carbons (Fsp3) is 0.333. The topological polar surface area (TPSA) is 9.23 Å². The van der Waals surface area contributed by atoms with Gasteiger partial charge in [-0.15, -0.1) is 0 Å². The lowest BCUT2D eigenvalue weighted by molar-refractivity contribution is 0.245. The van der Waals surface area contributed by atoms with E-state index in [1.807, 2.05) is 0 Å². The zero-order valence-electron chi connectivity index (χ0n) is 19.2. The first-order valence-electron chi connectivity index (χ1n) is 10.6. The van der Waals surface area contributed by atoms with Gasteiger partial charge in [0.1, 0.15) is 0 Å². The molecule has 1 nitrogen and oxygen atoms in total. The minimum absolute atomic E-state index is 0.131. The van der Waals surface area contributed by atoms with E-state index in [9.17, 15) is 0 Å². The second-order valence-corrected chi connectivity index (χ2v) is 12.1. The van der Waals surface area contributed by atoms with E-state index < -0.39 is 8.32 Å². The molecule has 0 heterocycles. The Kier molecular flexibility index (Phi) is 6.16. The Morgan fingerprint density at radius 2 is 0.828 bits per heavy atom. The lowest BCUT2D eigenvalue weighted by Gasteiger charge is -2.36. The fourth-order valence-electron chi connectivity index (χ4n) is 3.94. The molecule has 0 spiro atoms. The Labute approximate surface area is 177 Å². The van der Waals surface area contributed by atoms with Gasteiger partial charge in [0.25, 0.3) is 8.32 Å². The maximum Gasteiger partial charge on any atom is 0.288 e. The molecule has 0 aromatic heterocycles. The van der Waals surface area contributed by atoms with Crippen LogP contribution in [-0.2, 0) is 4.43 Å². The van der Waals surface area contributed by atoms with Crippen LogP contribution in [0.15, 0.2) is 54.6 Å². The van der Waals surface area contributed by atoms with Crippen molar-refractivity contribution in [3.05, 3.63) is 88.0 Å². The van der Waals surface area contributed by atoms with Crippen LogP contribution in [0.4, 0.5) is 0 Å². The molecule has 3 aromatic carbocycles. The average molecular weight is 403 g/mol. The van der Waals surface area contributed by atoms with Crippen molar-refractivity contribution >= 4 is 23.9 Å². The summed E-state index contributed by atoms with van der Waals surface area (Å²) in [7, 11) is -2.65. The third-order valence-corrected chi connectivity index (χ3v) is 10.3. The van der Waals surface area contributed by atoms with Crippen molar-refractivity contribution in [2.24, 2.45) is 0 Å². The number of hydrogen-bond acceptors (Lipinski definition) is 1. The summed E-state index contributed by atoms with van der Waals surface area (Å²) in [4.78, 5) is 0. The molecule has 29 heavy (non-hydrogen) atoms. The fourth-order valence-corrected chi connectivity index (χ4v) is 8.27. The van der Waals surface area contributed by atoms with Crippen LogP contribution in [-0.4, -0.2) is 14.4 Å². The van der Waals surface area contributed by atoms with Gasteiger partial charge in [0.2, 0.25) is 0 Å². The molecule has 3 aromatic rings. The minimum atomic E-state index is -2.65. The largest absolute Gasteiger partial charge is 0.402 e. The SMILES string of the molecule is Cc1ccc([Si](OC(C)C)(c2ccc(C)c(C)c2)c2ccc(C)c(C)c2)cc1C. The monoisotopic (exact) mass is 402 g/mol. The van der Waals surface area contributed by atoms with Gasteiger partial charge in [-0.25, -0.2) is 0 Å². The molecule has 0 aliphatic heterocycles. The zero-order chi connectivity index (χ0) is 21.3. The van der Waals surface area contributed by atoms with Crippen LogP contribution < -0.4 is 15.6 Å². The van der Waals surface area contributed by atoms with Crippen molar-refractivity contribution in [2.75, 3.05) is 0 Å². The summed E-state index contributed by atoms with van der Waals surface area (Å²) in [6.45, 7) is 17.5. The molecule has 0 aliphatic rings. The molecule has 0 saturated heterocycles. The van der Waals surface area contributed by atoms with Gasteiger partial charge >= 0.3 is 0 Å². The molecule has 0 bridgehead atoms. The number of aryl methyl sites for hydroxylation is 6. The molecule has 0 amide bonds. The second-order valence-electron chi connectivity index (χ2n) is 8.74. The standard InChI is InChI=1S/C27H34OSi/c1-18(2)28-29(25-12-9-19(3)22(6)15-25,26-13-10-20(4)23(7)16-26)27-14-11-21(5)24(8)17-27/h9-18H,1-8H3. The van der Waals surface area contributed by atoms with Crippen LogP contribution in [0.1, 0.15) is 47.2 Å². The third-order valence-electron chi connectivity index (χ3n) is 6.15. The van der Waals surface area contributed by atoms with Crippen molar-refractivity contribution in [1.82, 2.24) is 0 Å². The molecule has 0 unspecified atom stereocenters. The highest BCUT2D eigenvalue weighted by molar-refractivity contribution is 7.07. The number of rotatable bonds is 5. The summed E-state index contributed by atoms with van der Waals surface area (Å²) < 4.78 is 7.02. The molecule has 152 valence electrons. The number of benzene rings is 3. The normalized spacial score (nSPS) is 11.9. The Balaban J connectivity index is 2.41. The smallest absolute Gasteiger partial charge is 0.288 e. The average Bonchev–Trinajstić information content (AvgIpc) is 2.66. The zero-order valence-corrected chi connectivity index (χ0v) is 20.2. The van der Waals surface area contributed by atoms with E-state index in [0.717, 1.165) is 0 Å². The Morgan fingerprint density at radius 1 is 0.517 bits per heavy atom. The quantitative estimate of drug-likeness (QED) is 0.434. The predicted molar refractivity (Wildman–Crippen MR) is 129 cm³/mol. The van der Waals surface area contributed by atoms with Crippen LogP contribution in [0.3, 0.4) is 0 Å². The first-order chi connectivity index (χ1) is 13.6. The second kappa shape index (κ2) is 8.29. The maximum absolute atomic E-state index is 7.02. The van der Waals surface area contributed by atoms with Crippen molar-refractivity contribution < 1.29 is 4.43 Å². The molecular weight excluding hydrogens is 368 g/mol. The molecule has 0 saturated carbocycles. The maximum atomic E-state index is 7.02. The molecule has 2 heteroatoms. The van der Waals surface area contributed by atoms with Gasteiger partial charge < -0.3 is 4.43 Å². The molecule has 0 N–H and O–H groups in total. The van der Waals surface area contributed by atoms with Crippen LogP contribution in [0, 0.1) is 41.5 Å². The van der Waals surface area contributed by atoms with E-state index in [-0.39, 0.29) is 6.10 Å². The van der Waals surface area contributed by atoms with Crippen molar-refractivity contribution in [2.45, 2.75) is 61.5 Å².